The predicted octanol–water partition coefficient (Wildman–Crippen LogP) is 5.84. The van der Waals surface area contributed by atoms with Crippen LogP contribution in [-0.2, 0) is 20.7 Å². The van der Waals surface area contributed by atoms with Crippen LogP contribution < -0.4 is 0 Å². The predicted molar refractivity (Wildman–Crippen MR) is 137 cm³/mol. The minimum Gasteiger partial charge on any atom is -0.481 e. The van der Waals surface area contributed by atoms with Gasteiger partial charge in [0.25, 0.3) is 0 Å². The molecule has 1 aliphatic carbocycles. The summed E-state index contributed by atoms with van der Waals surface area (Å²) < 4.78 is 5.69. The molecule has 2 aromatic rings. The number of ether oxygens (including phenoxy) is 1. The van der Waals surface area contributed by atoms with E-state index in [0.717, 1.165) is 19.6 Å². The Bertz CT molecular complexity index is 1050. The maximum atomic E-state index is 10.8. The van der Waals surface area contributed by atoms with Gasteiger partial charge in [-0.3, -0.25) is 4.79 Å². The molecule has 1 unspecified atom stereocenters. The highest BCUT2D eigenvalue weighted by Gasteiger charge is 2.34. The molecule has 0 amide bonds. The zero-order valence-electron chi connectivity index (χ0n) is 20.8. The second-order valence-electron chi connectivity index (χ2n) is 8.78. The fourth-order valence-corrected chi connectivity index (χ4v) is 3.32. The molecule has 0 radical (unpaired) electrons. The van der Waals surface area contributed by atoms with Gasteiger partial charge in [0.15, 0.2) is 0 Å². The van der Waals surface area contributed by atoms with Crippen molar-refractivity contribution in [3.8, 4) is 11.1 Å². The van der Waals surface area contributed by atoms with Gasteiger partial charge in [0, 0.05) is 12.2 Å². The van der Waals surface area contributed by atoms with E-state index in [0.29, 0.717) is 5.92 Å². The van der Waals surface area contributed by atoms with Crippen LogP contribution in [-0.4, -0.2) is 51.7 Å². The number of benzene rings is 2. The van der Waals surface area contributed by atoms with Crippen LogP contribution in [0.4, 0.5) is 4.79 Å². The van der Waals surface area contributed by atoms with Crippen LogP contribution in [0.3, 0.4) is 0 Å². The van der Waals surface area contributed by atoms with E-state index in [1.54, 1.807) is 0 Å². The highest BCUT2D eigenvalue weighted by atomic mass is 16.6. The van der Waals surface area contributed by atoms with Gasteiger partial charge in [-0.1, -0.05) is 86.7 Å². The van der Waals surface area contributed by atoms with Gasteiger partial charge in [-0.2, -0.15) is 0 Å². The highest BCUT2D eigenvalue weighted by molar-refractivity contribution is 5.90. The molecule has 8 nitrogen and oxygen atoms in total. The Labute approximate surface area is 211 Å². The lowest BCUT2D eigenvalue weighted by atomic mass is 9.80. The fourth-order valence-electron chi connectivity index (χ4n) is 3.32. The summed E-state index contributed by atoms with van der Waals surface area (Å²) in [6.07, 6.45) is 3.57. The maximum Gasteiger partial charge on any atom is 0.503 e. The van der Waals surface area contributed by atoms with Crippen LogP contribution in [0.1, 0.15) is 32.8 Å². The molecule has 36 heavy (non-hydrogen) atoms. The van der Waals surface area contributed by atoms with E-state index < -0.39 is 23.5 Å². The Balaban J connectivity index is 0.000000330. The molecule has 0 spiro atoms. The number of carboxylic acid groups (broad SMARTS) is 4. The summed E-state index contributed by atoms with van der Waals surface area (Å²) in [6.45, 7) is 7.49. The molecule has 0 aliphatic heterocycles. The van der Waals surface area contributed by atoms with Crippen molar-refractivity contribution in [2.75, 3.05) is 13.2 Å². The molecule has 8 heteroatoms. The second-order valence-corrected chi connectivity index (χ2v) is 8.78. The molecule has 0 aromatic heterocycles. The Kier molecular flexibility index (Phi) is 12.7. The molecule has 0 saturated carbocycles. The monoisotopic (exact) mass is 498 g/mol. The van der Waals surface area contributed by atoms with Gasteiger partial charge in [0.1, 0.15) is 0 Å². The van der Waals surface area contributed by atoms with Crippen molar-refractivity contribution in [3.63, 3.8) is 0 Å². The van der Waals surface area contributed by atoms with E-state index in [1.807, 2.05) is 0 Å². The summed E-state index contributed by atoms with van der Waals surface area (Å²) in [4.78, 5) is 29.9. The Morgan fingerprint density at radius 1 is 0.944 bits per heavy atom. The smallest absolute Gasteiger partial charge is 0.481 e. The van der Waals surface area contributed by atoms with Crippen LogP contribution in [0.25, 0.3) is 11.1 Å². The van der Waals surface area contributed by atoms with Crippen LogP contribution in [0.2, 0.25) is 0 Å². The number of allylic oxidation sites excluding steroid dienone is 2. The van der Waals surface area contributed by atoms with Gasteiger partial charge in [-0.05, 0) is 42.4 Å². The van der Waals surface area contributed by atoms with E-state index in [1.165, 1.54) is 41.8 Å². The van der Waals surface area contributed by atoms with Crippen molar-refractivity contribution in [1.82, 2.24) is 0 Å². The molecule has 0 bridgehead atoms. The first-order chi connectivity index (χ1) is 17.0. The lowest BCUT2D eigenvalue weighted by Crippen LogP contribution is -2.28. The number of aliphatic carboxylic acids is 2. The number of rotatable bonds is 8. The molecular formula is C28H34O8. The van der Waals surface area contributed by atoms with Crippen LogP contribution >= 0.6 is 0 Å². The first kappa shape index (κ1) is 30.1. The first-order valence-corrected chi connectivity index (χ1v) is 11.4. The van der Waals surface area contributed by atoms with Crippen molar-refractivity contribution in [2.45, 2.75) is 33.6 Å². The lowest BCUT2D eigenvalue weighted by molar-refractivity contribution is -0.145. The molecule has 3 rings (SSSR count). The minimum absolute atomic E-state index is 0.0359. The molecular weight excluding hydrogens is 464 g/mol. The lowest BCUT2D eigenvalue weighted by Gasteiger charge is -2.23. The summed E-state index contributed by atoms with van der Waals surface area (Å²) in [5.41, 5.74) is 3.01. The van der Waals surface area contributed by atoms with Crippen molar-refractivity contribution in [3.05, 3.63) is 84.0 Å². The molecule has 194 valence electrons. The Hall–Kier alpha value is -3.91. The standard InChI is InChI=1S/C18H22O.C9H10O4.CH2O3/c1-15(2)14-19-13-12-17-10-6-7-11-18(17)16-8-4-3-5-9-16;1-9(8(12)13)4-2-3-6(5-9)7(10)11;2-1(3)4/h3-11,15H,12-14H2,1-2H3;2-4H,5H2,1H3,(H,10,11)(H,12,13);(H2,2,3,4). The summed E-state index contributed by atoms with van der Waals surface area (Å²) in [7, 11) is 0. The fraction of sp³-hybridized carbons (Fsp3) is 0.321. The molecule has 1 atom stereocenters. The second kappa shape index (κ2) is 15.2. The van der Waals surface area contributed by atoms with E-state index >= 15 is 0 Å². The van der Waals surface area contributed by atoms with Crippen LogP contribution in [0.15, 0.2) is 78.4 Å². The van der Waals surface area contributed by atoms with Gasteiger partial charge in [-0.15, -0.1) is 0 Å². The third-order valence-electron chi connectivity index (χ3n) is 5.15. The highest BCUT2D eigenvalue weighted by Crippen LogP contribution is 2.31. The molecule has 2 aromatic carbocycles. The van der Waals surface area contributed by atoms with E-state index in [2.05, 4.69) is 68.4 Å². The van der Waals surface area contributed by atoms with Crippen molar-refractivity contribution in [1.29, 1.82) is 0 Å². The number of carbonyl (C=O) groups is 3. The summed E-state index contributed by atoms with van der Waals surface area (Å²) in [5.74, 6) is -1.46. The molecule has 4 N–H and O–H groups in total. The minimum atomic E-state index is -1.83. The van der Waals surface area contributed by atoms with Crippen LogP contribution in [0, 0.1) is 11.3 Å². The molecule has 0 heterocycles. The van der Waals surface area contributed by atoms with Gasteiger partial charge in [0.2, 0.25) is 0 Å². The average Bonchev–Trinajstić information content (AvgIpc) is 2.82. The van der Waals surface area contributed by atoms with Crippen LogP contribution in [0.5, 0.6) is 0 Å². The normalized spacial score (nSPS) is 16.1. The molecule has 1 aliphatic rings. The third-order valence-corrected chi connectivity index (χ3v) is 5.15. The van der Waals surface area contributed by atoms with Gasteiger partial charge >= 0.3 is 18.1 Å². The van der Waals surface area contributed by atoms with Crippen molar-refractivity contribution in [2.24, 2.45) is 11.3 Å². The van der Waals surface area contributed by atoms with Gasteiger partial charge < -0.3 is 25.2 Å². The Morgan fingerprint density at radius 3 is 2.08 bits per heavy atom. The van der Waals surface area contributed by atoms with Crippen molar-refractivity contribution >= 4 is 18.1 Å². The van der Waals surface area contributed by atoms with E-state index in [9.17, 15) is 9.59 Å². The topological polar surface area (TPSA) is 141 Å². The number of carboxylic acids is 2. The SMILES string of the molecule is CC(C)COCCc1ccccc1-c1ccccc1.CC1(C(=O)O)C=CC=C(C(=O)O)C1.O=C(O)O. The zero-order chi connectivity index (χ0) is 27.1. The number of hydrogen-bond donors (Lipinski definition) is 4. The van der Waals surface area contributed by atoms with Gasteiger partial charge in [0.05, 0.1) is 12.0 Å². The maximum absolute atomic E-state index is 10.8. The zero-order valence-corrected chi connectivity index (χ0v) is 20.8. The third kappa shape index (κ3) is 11.0. The quantitative estimate of drug-likeness (QED) is 0.333. The average molecular weight is 499 g/mol. The largest absolute Gasteiger partial charge is 0.503 e. The van der Waals surface area contributed by atoms with E-state index in [4.69, 9.17) is 30.0 Å². The summed E-state index contributed by atoms with van der Waals surface area (Å²) in [6, 6.07) is 19.1. The summed E-state index contributed by atoms with van der Waals surface area (Å²) in [5, 5.41) is 31.4. The summed E-state index contributed by atoms with van der Waals surface area (Å²) >= 11 is 0. The van der Waals surface area contributed by atoms with Crippen molar-refractivity contribution < 1.29 is 39.5 Å². The van der Waals surface area contributed by atoms with Gasteiger partial charge in [-0.25, -0.2) is 9.59 Å². The Morgan fingerprint density at radius 2 is 1.53 bits per heavy atom. The molecule has 0 fully saturated rings. The number of hydrogen-bond acceptors (Lipinski definition) is 4. The molecule has 0 saturated heterocycles. The first-order valence-electron chi connectivity index (χ1n) is 11.4. The van der Waals surface area contributed by atoms with E-state index in [-0.39, 0.29) is 12.0 Å².